The van der Waals surface area contributed by atoms with E-state index in [1.807, 2.05) is 0 Å². The summed E-state index contributed by atoms with van der Waals surface area (Å²) in [5.74, 6) is -1.58. The van der Waals surface area contributed by atoms with Gasteiger partial charge in [0, 0.05) is 5.57 Å². The van der Waals surface area contributed by atoms with E-state index in [0.717, 1.165) is 29.7 Å². The maximum Gasteiger partial charge on any atom is 0.261 e. The van der Waals surface area contributed by atoms with Crippen LogP contribution in [0.2, 0.25) is 5.02 Å². The molecule has 2 amide bonds. The molecule has 4 nitrogen and oxygen atoms in total. The highest BCUT2D eigenvalue weighted by atomic mass is 35.5. The lowest BCUT2D eigenvalue weighted by molar-refractivity contribution is -0.120. The van der Waals surface area contributed by atoms with Crippen molar-refractivity contribution < 1.29 is 18.7 Å². The number of hydrogen-bond acceptors (Lipinski definition) is 3. The van der Waals surface area contributed by atoms with Gasteiger partial charge in [-0.25, -0.2) is 9.29 Å². The van der Waals surface area contributed by atoms with Gasteiger partial charge in [0.25, 0.3) is 5.91 Å². The molecule has 0 radical (unpaired) electrons. The number of halogens is 2. The molecule has 6 heteroatoms. The quantitative estimate of drug-likeness (QED) is 0.425. The molecule has 0 unspecified atom stereocenters. The first kappa shape index (κ1) is 18.5. The number of rotatable bonds is 6. The largest absolute Gasteiger partial charge is 0.490 e. The molecule has 0 atom stereocenters. The molecule has 0 saturated carbocycles. The average molecular weight is 354 g/mol. The third kappa shape index (κ3) is 3.61. The molecule has 0 N–H and O–H groups in total. The van der Waals surface area contributed by atoms with Crippen LogP contribution in [-0.2, 0) is 9.59 Å². The molecular formula is C18H21ClFNO3. The van der Waals surface area contributed by atoms with Crippen LogP contribution >= 0.6 is 11.6 Å². The fourth-order valence-electron chi connectivity index (χ4n) is 2.53. The van der Waals surface area contributed by atoms with E-state index in [9.17, 15) is 14.0 Å². The van der Waals surface area contributed by atoms with Gasteiger partial charge in [0.15, 0.2) is 11.6 Å². The Labute approximate surface area is 146 Å². The van der Waals surface area contributed by atoms with Gasteiger partial charge in [-0.2, -0.15) is 0 Å². The number of allylic oxidation sites excluding steroid dienone is 1. The number of ether oxygens (including phenoxy) is 1. The van der Waals surface area contributed by atoms with Crippen LogP contribution in [0.25, 0.3) is 0 Å². The monoisotopic (exact) mass is 353 g/mol. The highest BCUT2D eigenvalue weighted by Crippen LogP contribution is 2.37. The number of anilines is 1. The van der Waals surface area contributed by atoms with Crippen LogP contribution < -0.4 is 9.64 Å². The smallest absolute Gasteiger partial charge is 0.261 e. The van der Waals surface area contributed by atoms with Crippen molar-refractivity contribution in [2.75, 3.05) is 11.5 Å². The van der Waals surface area contributed by atoms with Crippen LogP contribution in [-0.4, -0.2) is 18.4 Å². The number of benzene rings is 1. The highest BCUT2D eigenvalue weighted by Gasteiger charge is 2.37. The number of imide groups is 1. The Hall–Kier alpha value is -1.88. The van der Waals surface area contributed by atoms with E-state index in [1.54, 1.807) is 13.8 Å². The van der Waals surface area contributed by atoms with E-state index in [0.29, 0.717) is 12.2 Å². The molecule has 0 aromatic heterocycles. The minimum atomic E-state index is -0.753. The van der Waals surface area contributed by atoms with Crippen LogP contribution in [0.15, 0.2) is 23.3 Å². The van der Waals surface area contributed by atoms with Gasteiger partial charge in [0.1, 0.15) is 5.02 Å². The lowest BCUT2D eigenvalue weighted by Crippen LogP contribution is -2.29. The number of unbranched alkanes of at least 4 members (excludes halogenated alkanes) is 2. The zero-order valence-corrected chi connectivity index (χ0v) is 14.9. The molecule has 1 aromatic rings. The third-order valence-electron chi connectivity index (χ3n) is 3.92. The summed E-state index contributed by atoms with van der Waals surface area (Å²) in [4.78, 5) is 25.5. The molecule has 2 rings (SSSR count). The molecule has 0 spiro atoms. The summed E-state index contributed by atoms with van der Waals surface area (Å²) in [6.45, 7) is 5.99. The minimum Gasteiger partial charge on any atom is -0.490 e. The van der Waals surface area contributed by atoms with Gasteiger partial charge in [-0.05, 0) is 32.4 Å². The molecule has 1 saturated heterocycles. The normalized spacial score (nSPS) is 14.5. The second-order valence-corrected chi connectivity index (χ2v) is 6.33. The Bertz CT molecular complexity index is 696. The Kier molecular flexibility index (Phi) is 5.99. The first-order valence-corrected chi connectivity index (χ1v) is 8.40. The summed E-state index contributed by atoms with van der Waals surface area (Å²) >= 11 is 6.06. The van der Waals surface area contributed by atoms with Crippen molar-refractivity contribution in [2.45, 2.75) is 46.5 Å². The molecule has 130 valence electrons. The molecule has 0 aliphatic carbocycles. The Morgan fingerprint density at radius 2 is 2.00 bits per heavy atom. The number of nitrogens with zero attached hydrogens (tertiary/aromatic N) is 1. The van der Waals surface area contributed by atoms with Gasteiger partial charge in [-0.1, -0.05) is 36.9 Å². The Morgan fingerprint density at radius 1 is 1.29 bits per heavy atom. The first-order valence-electron chi connectivity index (χ1n) is 8.02. The summed E-state index contributed by atoms with van der Waals surface area (Å²) < 4.78 is 19.8. The van der Waals surface area contributed by atoms with Gasteiger partial charge >= 0.3 is 0 Å². The molecule has 1 aliphatic heterocycles. The van der Waals surface area contributed by atoms with Crippen molar-refractivity contribution >= 4 is 29.1 Å². The zero-order valence-electron chi connectivity index (χ0n) is 14.1. The molecular weight excluding hydrogens is 333 g/mol. The molecule has 1 aromatic carbocycles. The first-order chi connectivity index (χ1) is 11.4. The Morgan fingerprint density at radius 3 is 2.58 bits per heavy atom. The number of carbonyl (C=O) groups excluding carboxylic acids is 2. The average Bonchev–Trinajstić information content (AvgIpc) is 2.83. The third-order valence-corrected chi connectivity index (χ3v) is 4.27. The van der Waals surface area contributed by atoms with Gasteiger partial charge in [-0.3, -0.25) is 9.59 Å². The highest BCUT2D eigenvalue weighted by molar-refractivity contribution is 6.37. The topological polar surface area (TPSA) is 46.6 Å². The summed E-state index contributed by atoms with van der Waals surface area (Å²) in [5, 5.41) is -0.278. The maximum absolute atomic E-state index is 14.4. The van der Waals surface area contributed by atoms with E-state index in [2.05, 4.69) is 6.92 Å². The number of amides is 2. The number of hydrogen-bond donors (Lipinski definition) is 0. The fraction of sp³-hybridized carbons (Fsp3) is 0.444. The van der Waals surface area contributed by atoms with Gasteiger partial charge in [0.2, 0.25) is 5.91 Å². The van der Waals surface area contributed by atoms with E-state index in [1.165, 1.54) is 12.1 Å². The van der Waals surface area contributed by atoms with Crippen molar-refractivity contribution in [1.82, 2.24) is 0 Å². The second-order valence-electron chi connectivity index (χ2n) is 5.96. The van der Waals surface area contributed by atoms with Crippen molar-refractivity contribution in [3.63, 3.8) is 0 Å². The van der Waals surface area contributed by atoms with E-state index < -0.39 is 17.6 Å². The van der Waals surface area contributed by atoms with E-state index in [4.69, 9.17) is 16.3 Å². The molecule has 0 bridgehead atoms. The van der Waals surface area contributed by atoms with E-state index >= 15 is 0 Å². The summed E-state index contributed by atoms with van der Waals surface area (Å²) in [6.07, 6.45) is 2.86. The molecule has 1 heterocycles. The van der Waals surface area contributed by atoms with Gasteiger partial charge < -0.3 is 4.74 Å². The minimum absolute atomic E-state index is 0.00832. The zero-order chi connectivity index (χ0) is 17.9. The van der Waals surface area contributed by atoms with Crippen LogP contribution in [0, 0.1) is 5.82 Å². The fourth-order valence-corrected chi connectivity index (χ4v) is 2.77. The van der Waals surface area contributed by atoms with Crippen LogP contribution in [0.1, 0.15) is 46.5 Å². The summed E-state index contributed by atoms with van der Waals surface area (Å²) in [5.41, 5.74) is 1.25. The molecule has 1 fully saturated rings. The van der Waals surface area contributed by atoms with Crippen LogP contribution in [0.4, 0.5) is 10.1 Å². The predicted octanol–water partition coefficient (Wildman–Crippen LogP) is 4.65. The van der Waals surface area contributed by atoms with Crippen molar-refractivity contribution in [3.05, 3.63) is 34.1 Å². The van der Waals surface area contributed by atoms with Crippen molar-refractivity contribution in [1.29, 1.82) is 0 Å². The lowest BCUT2D eigenvalue weighted by Gasteiger charge is -2.17. The predicted molar refractivity (Wildman–Crippen MR) is 91.9 cm³/mol. The second kappa shape index (κ2) is 7.79. The Balaban J connectivity index is 2.27. The van der Waals surface area contributed by atoms with Crippen LogP contribution in [0.3, 0.4) is 0 Å². The van der Waals surface area contributed by atoms with Crippen LogP contribution in [0.5, 0.6) is 5.75 Å². The summed E-state index contributed by atoms with van der Waals surface area (Å²) in [7, 11) is 0. The molecule has 24 heavy (non-hydrogen) atoms. The van der Waals surface area contributed by atoms with Gasteiger partial charge in [-0.15, -0.1) is 0 Å². The SMILES string of the molecule is CCCCCOc1ccc(N2C(=O)CC(=C(C)C)C2=O)c(Cl)c1F. The van der Waals surface area contributed by atoms with Crippen molar-refractivity contribution in [2.24, 2.45) is 0 Å². The number of carbonyl (C=O) groups is 2. The molecule has 1 aliphatic rings. The maximum atomic E-state index is 14.4. The summed E-state index contributed by atoms with van der Waals surface area (Å²) in [6, 6.07) is 2.86. The van der Waals surface area contributed by atoms with Crippen molar-refractivity contribution in [3.8, 4) is 5.75 Å². The van der Waals surface area contributed by atoms with Gasteiger partial charge in [0.05, 0.1) is 18.7 Å². The lowest BCUT2D eigenvalue weighted by atomic mass is 10.1. The van der Waals surface area contributed by atoms with E-state index in [-0.39, 0.29) is 22.9 Å². The standard InChI is InChI=1S/C18H21ClFNO3/c1-4-5-6-9-24-14-8-7-13(16(19)17(14)20)21-15(22)10-12(11(2)3)18(21)23/h7-8H,4-6,9-10H2,1-3H3.